The monoisotopic (exact) mass is 227 g/mol. The predicted octanol–water partition coefficient (Wildman–Crippen LogP) is 2.32. The third-order valence-corrected chi connectivity index (χ3v) is 2.47. The van der Waals surface area contributed by atoms with E-state index in [1.165, 1.54) is 6.07 Å². The second kappa shape index (κ2) is 4.49. The van der Waals surface area contributed by atoms with Crippen molar-refractivity contribution in [2.24, 2.45) is 0 Å². The molecular formula is C12H9N3O2. The van der Waals surface area contributed by atoms with Crippen molar-refractivity contribution in [3.05, 3.63) is 64.0 Å². The highest BCUT2D eigenvalue weighted by atomic mass is 16.6. The molecule has 1 aromatic carbocycles. The van der Waals surface area contributed by atoms with Crippen molar-refractivity contribution in [2.45, 2.75) is 6.54 Å². The average molecular weight is 227 g/mol. The number of nitro benzene ring substituents is 1. The third-order valence-electron chi connectivity index (χ3n) is 2.47. The molecule has 0 N–H and O–H groups in total. The van der Waals surface area contributed by atoms with E-state index in [1.54, 1.807) is 41.1 Å². The summed E-state index contributed by atoms with van der Waals surface area (Å²) in [5, 5.41) is 19.7. The first-order chi connectivity index (χ1) is 8.22. The molecular weight excluding hydrogens is 218 g/mol. The van der Waals surface area contributed by atoms with Crippen molar-refractivity contribution in [3.63, 3.8) is 0 Å². The van der Waals surface area contributed by atoms with Crippen LogP contribution in [-0.4, -0.2) is 9.49 Å². The van der Waals surface area contributed by atoms with Gasteiger partial charge in [-0.05, 0) is 12.1 Å². The van der Waals surface area contributed by atoms with Crippen LogP contribution in [0.15, 0.2) is 42.6 Å². The van der Waals surface area contributed by atoms with Crippen LogP contribution in [0.5, 0.6) is 0 Å². The van der Waals surface area contributed by atoms with Crippen LogP contribution in [0.25, 0.3) is 0 Å². The first kappa shape index (κ1) is 10.9. The van der Waals surface area contributed by atoms with E-state index in [0.717, 1.165) is 0 Å². The zero-order valence-corrected chi connectivity index (χ0v) is 8.91. The van der Waals surface area contributed by atoms with E-state index in [1.807, 2.05) is 6.07 Å². The summed E-state index contributed by atoms with van der Waals surface area (Å²) in [4.78, 5) is 10.4. The molecule has 0 spiro atoms. The minimum Gasteiger partial charge on any atom is -0.335 e. The Bertz CT molecular complexity index is 596. The highest BCUT2D eigenvalue weighted by molar-refractivity contribution is 5.40. The molecule has 0 radical (unpaired) electrons. The molecule has 0 aliphatic heterocycles. The topological polar surface area (TPSA) is 71.9 Å². The zero-order valence-electron chi connectivity index (χ0n) is 8.91. The SMILES string of the molecule is N#Cc1cccn1Cc1ccccc1[N+](=O)[O-]. The van der Waals surface area contributed by atoms with Gasteiger partial charge in [0.2, 0.25) is 0 Å². The quantitative estimate of drug-likeness (QED) is 0.596. The lowest BCUT2D eigenvalue weighted by Gasteiger charge is -2.05. The number of nitrogens with zero attached hydrogens (tertiary/aromatic N) is 3. The Morgan fingerprint density at radius 1 is 1.29 bits per heavy atom. The Morgan fingerprint density at radius 2 is 2.06 bits per heavy atom. The molecule has 2 aromatic rings. The van der Waals surface area contributed by atoms with E-state index in [9.17, 15) is 10.1 Å². The van der Waals surface area contributed by atoms with Gasteiger partial charge in [-0.15, -0.1) is 0 Å². The van der Waals surface area contributed by atoms with Crippen LogP contribution < -0.4 is 0 Å². The van der Waals surface area contributed by atoms with Crippen molar-refractivity contribution in [2.75, 3.05) is 0 Å². The molecule has 17 heavy (non-hydrogen) atoms. The van der Waals surface area contributed by atoms with Crippen molar-refractivity contribution >= 4 is 5.69 Å². The molecule has 0 saturated carbocycles. The molecule has 0 fully saturated rings. The van der Waals surface area contributed by atoms with Gasteiger partial charge in [0, 0.05) is 17.8 Å². The summed E-state index contributed by atoms with van der Waals surface area (Å²) >= 11 is 0. The Kier molecular flexibility index (Phi) is 2.88. The van der Waals surface area contributed by atoms with Crippen LogP contribution in [-0.2, 0) is 6.54 Å². The van der Waals surface area contributed by atoms with Gasteiger partial charge in [-0.1, -0.05) is 18.2 Å². The Balaban J connectivity index is 2.37. The molecule has 0 unspecified atom stereocenters. The molecule has 0 saturated heterocycles. The molecule has 0 bridgehead atoms. The van der Waals surface area contributed by atoms with Gasteiger partial charge in [-0.3, -0.25) is 10.1 Å². The molecule has 0 atom stereocenters. The number of rotatable bonds is 3. The summed E-state index contributed by atoms with van der Waals surface area (Å²) < 4.78 is 1.68. The summed E-state index contributed by atoms with van der Waals surface area (Å²) in [6.45, 7) is 0.326. The van der Waals surface area contributed by atoms with Crippen LogP contribution in [0.3, 0.4) is 0 Å². The Hall–Kier alpha value is -2.61. The first-order valence-corrected chi connectivity index (χ1v) is 5.00. The number of nitriles is 1. The van der Waals surface area contributed by atoms with E-state index < -0.39 is 4.92 Å². The van der Waals surface area contributed by atoms with Gasteiger partial charge < -0.3 is 4.57 Å². The lowest BCUT2D eigenvalue weighted by atomic mass is 10.2. The minimum absolute atomic E-state index is 0.0742. The summed E-state index contributed by atoms with van der Waals surface area (Å²) in [6, 6.07) is 12.0. The molecule has 84 valence electrons. The number of para-hydroxylation sites is 1. The molecule has 2 rings (SSSR count). The maximum atomic E-state index is 10.8. The lowest BCUT2D eigenvalue weighted by Crippen LogP contribution is -2.03. The van der Waals surface area contributed by atoms with E-state index >= 15 is 0 Å². The summed E-state index contributed by atoms with van der Waals surface area (Å²) in [6.07, 6.45) is 1.73. The fourth-order valence-electron chi connectivity index (χ4n) is 1.66. The summed E-state index contributed by atoms with van der Waals surface area (Å²) in [5.74, 6) is 0. The van der Waals surface area contributed by atoms with Gasteiger partial charge in [0.15, 0.2) is 0 Å². The molecule has 5 nitrogen and oxygen atoms in total. The van der Waals surface area contributed by atoms with Crippen molar-refractivity contribution < 1.29 is 4.92 Å². The first-order valence-electron chi connectivity index (χ1n) is 5.00. The number of nitro groups is 1. The van der Waals surface area contributed by atoms with Crippen molar-refractivity contribution in [1.82, 2.24) is 4.57 Å². The van der Waals surface area contributed by atoms with Gasteiger partial charge in [-0.2, -0.15) is 5.26 Å². The fourth-order valence-corrected chi connectivity index (χ4v) is 1.66. The minimum atomic E-state index is -0.412. The maximum absolute atomic E-state index is 10.8. The predicted molar refractivity (Wildman–Crippen MR) is 61.3 cm³/mol. The van der Waals surface area contributed by atoms with E-state index in [-0.39, 0.29) is 5.69 Å². The van der Waals surface area contributed by atoms with Crippen LogP contribution in [0.1, 0.15) is 11.3 Å². The summed E-state index contributed by atoms with van der Waals surface area (Å²) in [7, 11) is 0. The number of benzene rings is 1. The highest BCUT2D eigenvalue weighted by Crippen LogP contribution is 2.19. The molecule has 1 heterocycles. The normalized spacial score (nSPS) is 9.82. The Morgan fingerprint density at radius 3 is 2.76 bits per heavy atom. The van der Waals surface area contributed by atoms with Gasteiger partial charge >= 0.3 is 0 Å². The maximum Gasteiger partial charge on any atom is 0.274 e. The lowest BCUT2D eigenvalue weighted by molar-refractivity contribution is -0.385. The molecule has 1 aromatic heterocycles. The molecule has 0 aliphatic carbocycles. The number of aromatic nitrogens is 1. The number of hydrogen-bond donors (Lipinski definition) is 0. The second-order valence-electron chi connectivity index (χ2n) is 3.52. The van der Waals surface area contributed by atoms with Crippen LogP contribution >= 0.6 is 0 Å². The standard InChI is InChI=1S/C12H9N3O2/c13-8-11-5-3-7-14(11)9-10-4-1-2-6-12(10)15(16)17/h1-7H,9H2. The number of hydrogen-bond acceptors (Lipinski definition) is 3. The average Bonchev–Trinajstić information content (AvgIpc) is 2.77. The van der Waals surface area contributed by atoms with Gasteiger partial charge in [0.25, 0.3) is 5.69 Å². The fraction of sp³-hybridized carbons (Fsp3) is 0.0833. The zero-order chi connectivity index (χ0) is 12.3. The highest BCUT2D eigenvalue weighted by Gasteiger charge is 2.13. The molecule has 0 aliphatic rings. The van der Waals surface area contributed by atoms with Crippen LogP contribution in [0.2, 0.25) is 0 Å². The molecule has 0 amide bonds. The van der Waals surface area contributed by atoms with Crippen LogP contribution in [0, 0.1) is 21.4 Å². The second-order valence-corrected chi connectivity index (χ2v) is 3.52. The van der Waals surface area contributed by atoms with Gasteiger partial charge in [0.1, 0.15) is 11.8 Å². The van der Waals surface area contributed by atoms with Crippen molar-refractivity contribution in [3.8, 4) is 6.07 Å². The van der Waals surface area contributed by atoms with Gasteiger partial charge in [-0.25, -0.2) is 0 Å². The van der Waals surface area contributed by atoms with Gasteiger partial charge in [0.05, 0.1) is 11.5 Å². The largest absolute Gasteiger partial charge is 0.335 e. The Labute approximate surface area is 97.7 Å². The van der Waals surface area contributed by atoms with E-state index in [4.69, 9.17) is 5.26 Å². The smallest absolute Gasteiger partial charge is 0.274 e. The molecule has 5 heteroatoms. The summed E-state index contributed by atoms with van der Waals surface area (Å²) in [5.41, 5.74) is 1.15. The third kappa shape index (κ3) is 2.16. The van der Waals surface area contributed by atoms with Crippen molar-refractivity contribution in [1.29, 1.82) is 5.26 Å². The van der Waals surface area contributed by atoms with E-state index in [0.29, 0.717) is 17.8 Å². The van der Waals surface area contributed by atoms with Crippen LogP contribution in [0.4, 0.5) is 5.69 Å². The van der Waals surface area contributed by atoms with E-state index in [2.05, 4.69) is 0 Å².